The first-order valence-electron chi connectivity index (χ1n) is 3.02. The van der Waals surface area contributed by atoms with Crippen molar-refractivity contribution in [3.63, 3.8) is 0 Å². The van der Waals surface area contributed by atoms with Crippen molar-refractivity contribution >= 4 is 15.5 Å². The van der Waals surface area contributed by atoms with Crippen LogP contribution >= 0.6 is 0 Å². The van der Waals surface area contributed by atoms with E-state index in [-0.39, 0.29) is 10.6 Å². The molecule has 0 bridgehead atoms. The second kappa shape index (κ2) is 2.54. The fourth-order valence-corrected chi connectivity index (χ4v) is 1.58. The van der Waals surface area contributed by atoms with Gasteiger partial charge in [-0.05, 0) is 12.1 Å². The summed E-state index contributed by atoms with van der Waals surface area (Å²) >= 11 is 0. The van der Waals surface area contributed by atoms with Crippen LogP contribution in [0.4, 0.5) is 5.69 Å². The molecule has 0 aliphatic carbocycles. The van der Waals surface area contributed by atoms with Crippen molar-refractivity contribution in [2.75, 3.05) is 6.26 Å². The largest absolute Gasteiger partial charge is 0.300 e. The van der Waals surface area contributed by atoms with E-state index in [0.717, 1.165) is 6.26 Å². The van der Waals surface area contributed by atoms with E-state index in [0.29, 0.717) is 0 Å². The summed E-state index contributed by atoms with van der Waals surface area (Å²) in [5.74, 6) is 0. The molecule has 4 heteroatoms. The molecule has 0 aliphatic heterocycles. The van der Waals surface area contributed by atoms with Crippen molar-refractivity contribution in [3.05, 3.63) is 24.3 Å². The smallest absolute Gasteiger partial charge is 0.177 e. The number of benzene rings is 1. The summed E-state index contributed by atoms with van der Waals surface area (Å²) in [7, 11) is -3.22. The van der Waals surface area contributed by atoms with Crippen LogP contribution in [0.5, 0.6) is 0 Å². The maximum absolute atomic E-state index is 10.9. The third-order valence-corrected chi connectivity index (χ3v) is 2.44. The van der Waals surface area contributed by atoms with Crippen LogP contribution in [-0.2, 0) is 9.84 Å². The average Bonchev–Trinajstić information content (AvgIpc) is 1.86. The Hall–Kier alpha value is -1.03. The summed E-state index contributed by atoms with van der Waals surface area (Å²) in [5, 5.41) is 0. The van der Waals surface area contributed by atoms with Crippen molar-refractivity contribution in [2.45, 2.75) is 4.90 Å². The number of rotatable bonds is 1. The molecule has 0 aromatic heterocycles. The molecule has 0 heterocycles. The maximum Gasteiger partial charge on any atom is 0.177 e. The van der Waals surface area contributed by atoms with Crippen LogP contribution in [0.25, 0.3) is 0 Å². The Balaban J connectivity index is 3.37. The van der Waals surface area contributed by atoms with Gasteiger partial charge in [-0.25, -0.2) is 8.42 Å². The predicted molar refractivity (Wildman–Crippen MR) is 42.3 cm³/mol. The highest BCUT2D eigenvalue weighted by Gasteiger charge is 2.09. The van der Waals surface area contributed by atoms with Crippen LogP contribution in [0, 0.1) is 0 Å². The Morgan fingerprint density at radius 1 is 1.27 bits per heavy atom. The van der Waals surface area contributed by atoms with Gasteiger partial charge in [0.1, 0.15) is 0 Å². The van der Waals surface area contributed by atoms with Crippen molar-refractivity contribution in [1.82, 2.24) is 5.73 Å². The van der Waals surface area contributed by atoms with Gasteiger partial charge in [-0.2, -0.15) is 0 Å². The molecular formula is C7H8NO2S. The number of nitrogens with one attached hydrogen (secondary N) is 1. The van der Waals surface area contributed by atoms with Gasteiger partial charge in [0, 0.05) is 6.26 Å². The zero-order chi connectivity index (χ0) is 8.48. The van der Waals surface area contributed by atoms with Crippen LogP contribution in [0.1, 0.15) is 0 Å². The van der Waals surface area contributed by atoms with E-state index < -0.39 is 9.84 Å². The van der Waals surface area contributed by atoms with Gasteiger partial charge in [-0.15, -0.1) is 0 Å². The number of sulfone groups is 1. The molecule has 0 aliphatic rings. The summed E-state index contributed by atoms with van der Waals surface area (Å²) < 4.78 is 21.9. The van der Waals surface area contributed by atoms with Crippen molar-refractivity contribution in [2.24, 2.45) is 0 Å². The van der Waals surface area contributed by atoms with E-state index in [1.54, 1.807) is 12.1 Å². The Morgan fingerprint density at radius 2 is 1.82 bits per heavy atom. The van der Waals surface area contributed by atoms with E-state index >= 15 is 0 Å². The Kier molecular flexibility index (Phi) is 1.87. The topological polar surface area (TPSA) is 57.9 Å². The standard InChI is InChI=1S/C7H8NO2S/c1-11(9,10)7-5-3-2-4-6(7)8/h2-5,8H,1H3. The predicted octanol–water partition coefficient (Wildman–Crippen LogP) is 1.00. The Bertz CT molecular complexity index is 356. The average molecular weight is 170 g/mol. The lowest BCUT2D eigenvalue weighted by Crippen LogP contribution is -1.97. The zero-order valence-corrected chi connectivity index (χ0v) is 6.85. The lowest BCUT2D eigenvalue weighted by atomic mass is 10.3. The van der Waals surface area contributed by atoms with Crippen molar-refractivity contribution in [3.8, 4) is 0 Å². The molecule has 1 aromatic rings. The Morgan fingerprint density at radius 3 is 2.18 bits per heavy atom. The van der Waals surface area contributed by atoms with Crippen LogP contribution in [0.3, 0.4) is 0 Å². The molecule has 0 saturated carbocycles. The van der Waals surface area contributed by atoms with E-state index in [4.69, 9.17) is 5.73 Å². The molecule has 1 rings (SSSR count). The van der Waals surface area contributed by atoms with Crippen LogP contribution in [-0.4, -0.2) is 14.7 Å². The third-order valence-electron chi connectivity index (χ3n) is 1.29. The van der Waals surface area contributed by atoms with Gasteiger partial charge in [0.05, 0.1) is 10.6 Å². The first kappa shape index (κ1) is 8.07. The monoisotopic (exact) mass is 170 g/mol. The SMILES string of the molecule is CS(=O)(=O)c1ccccc1[NH]. The van der Waals surface area contributed by atoms with E-state index in [2.05, 4.69) is 0 Å². The molecular weight excluding hydrogens is 162 g/mol. The van der Waals surface area contributed by atoms with Crippen LogP contribution in [0.15, 0.2) is 29.2 Å². The molecule has 0 unspecified atom stereocenters. The van der Waals surface area contributed by atoms with E-state index in [1.165, 1.54) is 12.1 Å². The fraction of sp³-hybridized carbons (Fsp3) is 0.143. The van der Waals surface area contributed by atoms with Crippen molar-refractivity contribution < 1.29 is 8.42 Å². The van der Waals surface area contributed by atoms with Crippen molar-refractivity contribution in [1.29, 1.82) is 0 Å². The summed E-state index contributed by atoms with van der Waals surface area (Å²) in [5.41, 5.74) is 7.30. The molecule has 0 fully saturated rings. The minimum atomic E-state index is -3.22. The lowest BCUT2D eigenvalue weighted by molar-refractivity contribution is 0.602. The summed E-state index contributed by atoms with van der Waals surface area (Å²) in [6.45, 7) is 0. The maximum atomic E-state index is 10.9. The molecule has 3 nitrogen and oxygen atoms in total. The zero-order valence-electron chi connectivity index (χ0n) is 6.03. The van der Waals surface area contributed by atoms with E-state index in [1.807, 2.05) is 0 Å². The van der Waals surface area contributed by atoms with Gasteiger partial charge in [0.15, 0.2) is 9.84 Å². The van der Waals surface area contributed by atoms with E-state index in [9.17, 15) is 8.42 Å². The van der Waals surface area contributed by atoms with Crippen LogP contribution in [0.2, 0.25) is 0 Å². The minimum Gasteiger partial charge on any atom is -0.300 e. The fourth-order valence-electron chi connectivity index (χ4n) is 0.790. The molecule has 1 N–H and O–H groups in total. The summed E-state index contributed by atoms with van der Waals surface area (Å²) in [6.07, 6.45) is 1.10. The summed E-state index contributed by atoms with van der Waals surface area (Å²) in [6, 6.07) is 6.12. The summed E-state index contributed by atoms with van der Waals surface area (Å²) in [4.78, 5) is 0.0833. The second-order valence-electron chi connectivity index (χ2n) is 2.27. The Labute approximate surface area is 65.8 Å². The van der Waals surface area contributed by atoms with Gasteiger partial charge in [-0.1, -0.05) is 12.1 Å². The van der Waals surface area contributed by atoms with Gasteiger partial charge >= 0.3 is 0 Å². The molecule has 11 heavy (non-hydrogen) atoms. The molecule has 0 spiro atoms. The van der Waals surface area contributed by atoms with Gasteiger partial charge in [0.25, 0.3) is 0 Å². The van der Waals surface area contributed by atoms with Crippen LogP contribution < -0.4 is 5.73 Å². The van der Waals surface area contributed by atoms with Gasteiger partial charge < -0.3 is 0 Å². The number of hydrogen-bond acceptors (Lipinski definition) is 2. The molecule has 59 valence electrons. The minimum absolute atomic E-state index is 0.0509. The first-order valence-corrected chi connectivity index (χ1v) is 4.91. The molecule has 0 saturated heterocycles. The lowest BCUT2D eigenvalue weighted by Gasteiger charge is -1.99. The normalized spacial score (nSPS) is 11.4. The third kappa shape index (κ3) is 1.71. The number of hydrogen-bond donors (Lipinski definition) is 0. The molecule has 0 amide bonds. The highest BCUT2D eigenvalue weighted by atomic mass is 32.2. The quantitative estimate of drug-likeness (QED) is 0.631. The molecule has 0 atom stereocenters. The highest BCUT2D eigenvalue weighted by Crippen LogP contribution is 2.17. The highest BCUT2D eigenvalue weighted by molar-refractivity contribution is 7.90. The first-order chi connectivity index (χ1) is 5.02. The second-order valence-corrected chi connectivity index (χ2v) is 4.25. The molecule has 1 aromatic carbocycles. The van der Waals surface area contributed by atoms with Gasteiger partial charge in [-0.3, -0.25) is 5.73 Å². The molecule has 1 radical (unpaired) electrons. The van der Waals surface area contributed by atoms with Gasteiger partial charge in [0.2, 0.25) is 0 Å².